The van der Waals surface area contributed by atoms with Crippen LogP contribution < -0.4 is 10.4 Å². The predicted molar refractivity (Wildman–Crippen MR) is 202 cm³/mol. The molecule has 0 amide bonds. The van der Waals surface area contributed by atoms with Crippen LogP contribution in [0.2, 0.25) is 0 Å². The predicted octanol–water partition coefficient (Wildman–Crippen LogP) is 8.38. The largest absolute Gasteiger partial charge is 0.461 e. The summed E-state index contributed by atoms with van der Waals surface area (Å²) in [7, 11) is 0. The van der Waals surface area contributed by atoms with Crippen molar-refractivity contribution in [2.45, 2.75) is 0 Å². The first-order valence-corrected chi connectivity index (χ1v) is 16.8. The summed E-state index contributed by atoms with van der Waals surface area (Å²) in [4.78, 5) is 17.5. The fourth-order valence-corrected chi connectivity index (χ4v) is 7.39. The van der Waals surface area contributed by atoms with Crippen LogP contribution in [0.25, 0.3) is 66.5 Å². The summed E-state index contributed by atoms with van der Waals surface area (Å²) in [5.41, 5.74) is 6.04. The van der Waals surface area contributed by atoms with E-state index in [4.69, 9.17) is 29.6 Å². The second-order valence-corrected chi connectivity index (χ2v) is 12.6. The molecule has 0 saturated heterocycles. The molecule has 1 aliphatic heterocycles. The first-order valence-electron chi connectivity index (χ1n) is 16.8. The van der Waals surface area contributed by atoms with Crippen molar-refractivity contribution in [3.8, 4) is 22.8 Å². The third kappa shape index (κ3) is 4.13. The topological polar surface area (TPSA) is 90.7 Å². The summed E-state index contributed by atoms with van der Waals surface area (Å²) in [6.07, 6.45) is 0. The number of para-hydroxylation sites is 2. The van der Waals surface area contributed by atoms with Crippen molar-refractivity contribution in [3.63, 3.8) is 0 Å². The Labute approximate surface area is 291 Å². The number of anilines is 3. The molecular formula is C41H25BN8O. The molecule has 0 saturated carbocycles. The zero-order valence-electron chi connectivity index (χ0n) is 27.0. The van der Waals surface area contributed by atoms with E-state index in [-0.39, 0.29) is 0 Å². The minimum absolute atomic E-state index is 0.460. The van der Waals surface area contributed by atoms with E-state index in [1.54, 1.807) is 0 Å². The van der Waals surface area contributed by atoms with E-state index in [1.807, 2.05) is 124 Å². The van der Waals surface area contributed by atoms with Crippen LogP contribution in [-0.2, 0) is 0 Å². The maximum absolute atomic E-state index is 6.63. The highest BCUT2D eigenvalue weighted by Gasteiger charge is 2.43. The van der Waals surface area contributed by atoms with Crippen LogP contribution in [-0.4, -0.2) is 41.3 Å². The first-order chi connectivity index (χ1) is 25.3. The van der Waals surface area contributed by atoms with Crippen molar-refractivity contribution in [3.05, 3.63) is 152 Å². The molecule has 0 radical (unpaired) electrons. The van der Waals surface area contributed by atoms with Crippen LogP contribution >= 0.6 is 0 Å². The lowest BCUT2D eigenvalue weighted by Gasteiger charge is -2.33. The van der Waals surface area contributed by atoms with E-state index in [0.717, 1.165) is 72.0 Å². The van der Waals surface area contributed by atoms with E-state index in [0.29, 0.717) is 17.6 Å². The van der Waals surface area contributed by atoms with Gasteiger partial charge in [0.05, 0.1) is 11.0 Å². The van der Waals surface area contributed by atoms with Crippen molar-refractivity contribution in [1.29, 1.82) is 0 Å². The molecule has 9 nitrogen and oxygen atoms in total. The minimum Gasteiger partial charge on any atom is -0.456 e. The Kier molecular flexibility index (Phi) is 5.85. The number of furan rings is 1. The second-order valence-electron chi connectivity index (χ2n) is 12.6. The molecular weight excluding hydrogens is 631 g/mol. The van der Waals surface area contributed by atoms with Gasteiger partial charge in [-0.3, -0.25) is 9.19 Å². The molecule has 5 heterocycles. The third-order valence-corrected chi connectivity index (χ3v) is 9.64. The quantitative estimate of drug-likeness (QED) is 0.176. The lowest BCUT2D eigenvalue weighted by molar-refractivity contribution is 0.670. The van der Waals surface area contributed by atoms with Crippen molar-refractivity contribution in [2.75, 3.05) is 4.90 Å². The van der Waals surface area contributed by atoms with Gasteiger partial charge in [0.1, 0.15) is 22.8 Å². The Morgan fingerprint density at radius 2 is 0.961 bits per heavy atom. The summed E-state index contributed by atoms with van der Waals surface area (Å²) in [6.45, 7) is -0.487. The van der Waals surface area contributed by atoms with E-state index in [1.165, 1.54) is 0 Å². The molecule has 6 aromatic carbocycles. The Morgan fingerprint density at radius 1 is 0.451 bits per heavy atom. The summed E-state index contributed by atoms with van der Waals surface area (Å²) in [5, 5.41) is 14.6. The highest BCUT2D eigenvalue weighted by Crippen LogP contribution is 2.45. The zero-order chi connectivity index (χ0) is 33.5. The summed E-state index contributed by atoms with van der Waals surface area (Å²) >= 11 is 0. The number of aromatic nitrogens is 7. The van der Waals surface area contributed by atoms with Gasteiger partial charge in [-0.15, -0.1) is 0 Å². The van der Waals surface area contributed by atoms with Crippen LogP contribution in [0, 0.1) is 0 Å². The molecule has 0 aliphatic carbocycles. The first kappa shape index (κ1) is 27.8. The van der Waals surface area contributed by atoms with Gasteiger partial charge in [0.15, 0.2) is 11.6 Å². The van der Waals surface area contributed by atoms with Crippen molar-refractivity contribution >= 4 is 73.8 Å². The molecule has 51 heavy (non-hydrogen) atoms. The maximum Gasteiger partial charge on any atom is 0.461 e. The van der Waals surface area contributed by atoms with Gasteiger partial charge < -0.3 is 4.42 Å². The maximum atomic E-state index is 6.63. The van der Waals surface area contributed by atoms with Crippen molar-refractivity contribution in [1.82, 2.24) is 34.3 Å². The molecule has 10 heteroatoms. The smallest absolute Gasteiger partial charge is 0.456 e. The van der Waals surface area contributed by atoms with Gasteiger partial charge in [-0.1, -0.05) is 121 Å². The van der Waals surface area contributed by atoms with Crippen molar-refractivity contribution < 1.29 is 4.42 Å². The van der Waals surface area contributed by atoms with E-state index in [9.17, 15) is 0 Å². The van der Waals surface area contributed by atoms with E-state index >= 15 is 0 Å². The third-order valence-electron chi connectivity index (χ3n) is 9.64. The SMILES string of the molecule is c1ccc(-c2nc(-c3ccccc3)nc(N3c4c5ccccc5nn4B(c4cccc5c4oc4ccccc45)n4nc5ccccc5c43)n2)cc1. The Morgan fingerprint density at radius 3 is 1.57 bits per heavy atom. The van der Waals surface area contributed by atoms with Gasteiger partial charge in [-0.25, -0.2) is 9.88 Å². The molecule has 0 N–H and O–H groups in total. The summed E-state index contributed by atoms with van der Waals surface area (Å²) in [6, 6.07) is 50.9. The Hall–Kier alpha value is -7.07. The number of benzene rings is 6. The minimum atomic E-state index is -0.487. The van der Waals surface area contributed by atoms with Gasteiger partial charge in [-0.05, 0) is 30.3 Å². The lowest BCUT2D eigenvalue weighted by atomic mass is 9.67. The second kappa shape index (κ2) is 10.7. The standard InChI is InChI=1S/C41H25BN8O/c1-3-14-26(15-4-1)37-43-38(27-16-5-2-6-17-27)45-41(44-37)48-39-30-19-7-10-23-33(30)46-49(39)42(50-40(48)31-20-8-11-24-34(31)47-50)32-22-13-21-29-28-18-9-12-25-35(28)51-36(29)32/h1-25H. The van der Waals surface area contributed by atoms with Gasteiger partial charge in [-0.2, -0.15) is 20.2 Å². The lowest BCUT2D eigenvalue weighted by Crippen LogP contribution is -2.51. The van der Waals surface area contributed by atoms with Crippen LogP contribution in [0.1, 0.15) is 0 Å². The number of hydrogen-bond acceptors (Lipinski definition) is 7. The van der Waals surface area contributed by atoms with Crippen molar-refractivity contribution in [2.24, 2.45) is 0 Å². The molecule has 0 fully saturated rings. The molecule has 0 unspecified atom stereocenters. The van der Waals surface area contributed by atoms with E-state index in [2.05, 4.69) is 41.3 Å². The van der Waals surface area contributed by atoms with Gasteiger partial charge in [0.25, 0.3) is 0 Å². The summed E-state index contributed by atoms with van der Waals surface area (Å²) < 4.78 is 10.7. The summed E-state index contributed by atoms with van der Waals surface area (Å²) in [5.74, 6) is 3.25. The molecule has 238 valence electrons. The van der Waals surface area contributed by atoms with Crippen LogP contribution in [0.3, 0.4) is 0 Å². The fraction of sp³-hybridized carbons (Fsp3) is 0. The number of hydrogen-bond donors (Lipinski definition) is 0. The number of rotatable bonds is 4. The van der Waals surface area contributed by atoms with Gasteiger partial charge in [0.2, 0.25) is 5.95 Å². The fourth-order valence-electron chi connectivity index (χ4n) is 7.39. The Balaban J connectivity index is 1.25. The monoisotopic (exact) mass is 656 g/mol. The molecule has 1 aliphatic rings. The molecule has 10 aromatic rings. The molecule has 11 rings (SSSR count). The number of nitrogens with zero attached hydrogens (tertiary/aromatic N) is 8. The highest BCUT2D eigenvalue weighted by molar-refractivity contribution is 6.74. The van der Waals surface area contributed by atoms with E-state index < -0.39 is 6.98 Å². The zero-order valence-corrected chi connectivity index (χ0v) is 27.0. The molecule has 0 spiro atoms. The molecule has 4 aromatic heterocycles. The van der Waals surface area contributed by atoms with Crippen LogP contribution in [0.5, 0.6) is 0 Å². The average molecular weight is 657 g/mol. The van der Waals surface area contributed by atoms with Gasteiger partial charge >= 0.3 is 6.98 Å². The van der Waals surface area contributed by atoms with Crippen LogP contribution in [0.15, 0.2) is 156 Å². The molecule has 0 atom stereocenters. The number of fused-ring (bicyclic) bond motifs is 9. The highest BCUT2D eigenvalue weighted by atomic mass is 16.3. The Bertz CT molecular complexity index is 2810. The average Bonchev–Trinajstić information content (AvgIpc) is 3.89. The molecule has 0 bridgehead atoms. The van der Waals surface area contributed by atoms with Crippen LogP contribution in [0.4, 0.5) is 17.6 Å². The van der Waals surface area contributed by atoms with Gasteiger partial charge in [0, 0.05) is 38.1 Å². The normalized spacial score (nSPS) is 12.6.